The van der Waals surface area contributed by atoms with Gasteiger partial charge in [-0.1, -0.05) is 6.42 Å². The number of piperidine rings is 1. The average Bonchev–Trinajstić information content (AvgIpc) is 3.22. The Morgan fingerprint density at radius 1 is 1.21 bits per heavy atom. The summed E-state index contributed by atoms with van der Waals surface area (Å²) in [5.74, 6) is 1.85. The first-order valence-electron chi connectivity index (χ1n) is 10.2. The van der Waals surface area contributed by atoms with E-state index in [1.54, 1.807) is 13.4 Å². The van der Waals surface area contributed by atoms with Gasteiger partial charge in [-0.05, 0) is 51.4 Å². The van der Waals surface area contributed by atoms with Crippen LogP contribution < -0.4 is 10.6 Å². The molecule has 162 valence electrons. The van der Waals surface area contributed by atoms with Gasteiger partial charge in [-0.25, -0.2) is 0 Å². The Hall–Kier alpha value is -0.840. The summed E-state index contributed by atoms with van der Waals surface area (Å²) in [5, 5.41) is 6.72. The Labute approximate surface area is 186 Å². The number of nitrogens with one attached hydrogen (secondary N) is 2. The van der Waals surface area contributed by atoms with Crippen LogP contribution >= 0.6 is 24.0 Å². The predicted molar refractivity (Wildman–Crippen MR) is 124 cm³/mol. The number of guanidine groups is 1. The van der Waals surface area contributed by atoms with E-state index in [0.717, 1.165) is 50.9 Å². The second-order valence-corrected chi connectivity index (χ2v) is 6.73. The lowest BCUT2D eigenvalue weighted by molar-refractivity contribution is 0.0698. The number of ether oxygens (including phenoxy) is 2. The van der Waals surface area contributed by atoms with E-state index >= 15 is 0 Å². The van der Waals surface area contributed by atoms with E-state index in [-0.39, 0.29) is 30.0 Å². The number of hydrogen-bond donors (Lipinski definition) is 2. The molecule has 28 heavy (non-hydrogen) atoms. The van der Waals surface area contributed by atoms with Gasteiger partial charge in [0.05, 0.1) is 32.1 Å². The van der Waals surface area contributed by atoms with Crippen LogP contribution in [0.2, 0.25) is 0 Å². The summed E-state index contributed by atoms with van der Waals surface area (Å²) in [7, 11) is 1.68. The Kier molecular flexibility index (Phi) is 14.4. The highest BCUT2D eigenvalue weighted by atomic mass is 127. The maximum absolute atomic E-state index is 5.71. The molecule has 1 aliphatic rings. The van der Waals surface area contributed by atoms with Crippen molar-refractivity contribution in [2.75, 3.05) is 59.7 Å². The highest BCUT2D eigenvalue weighted by Crippen LogP contribution is 2.25. The highest BCUT2D eigenvalue weighted by Gasteiger charge is 2.24. The molecule has 7 nitrogen and oxygen atoms in total. The van der Waals surface area contributed by atoms with Crippen molar-refractivity contribution in [3.05, 3.63) is 24.2 Å². The largest absolute Gasteiger partial charge is 0.468 e. The molecule has 2 N–H and O–H groups in total. The van der Waals surface area contributed by atoms with Crippen molar-refractivity contribution in [2.45, 2.75) is 38.6 Å². The van der Waals surface area contributed by atoms with E-state index in [2.05, 4.69) is 28.5 Å². The normalized spacial score (nSPS) is 16.4. The first-order chi connectivity index (χ1) is 13.3. The molecular formula is C20H37IN4O3. The van der Waals surface area contributed by atoms with Crippen molar-refractivity contribution >= 4 is 29.9 Å². The summed E-state index contributed by atoms with van der Waals surface area (Å²) in [5.41, 5.74) is 0. The molecule has 1 aromatic rings. The summed E-state index contributed by atoms with van der Waals surface area (Å²) in [6.07, 6.45) is 6.51. The fraction of sp³-hybridized carbons (Fsp3) is 0.750. The Morgan fingerprint density at radius 2 is 2.04 bits per heavy atom. The predicted octanol–water partition coefficient (Wildman–Crippen LogP) is 3.03. The number of methoxy groups -OCH3 is 1. The van der Waals surface area contributed by atoms with Crippen LogP contribution in [0.15, 0.2) is 27.8 Å². The van der Waals surface area contributed by atoms with Gasteiger partial charge in [-0.3, -0.25) is 9.89 Å². The molecule has 0 saturated carbocycles. The standard InChI is InChI=1S/C20H36N4O3.HI/c1-3-21-20(22-10-8-13-26-16-15-25-2)23-17-18(19-9-7-14-27-19)24-11-5-4-6-12-24;/h7,9,14,18H,3-6,8,10-13,15-17H2,1-2H3,(H2,21,22,23);1H. The fourth-order valence-electron chi connectivity index (χ4n) is 3.24. The van der Waals surface area contributed by atoms with Gasteiger partial charge in [0.1, 0.15) is 5.76 Å². The van der Waals surface area contributed by atoms with Crippen molar-refractivity contribution in [3.63, 3.8) is 0 Å². The first kappa shape index (κ1) is 25.2. The van der Waals surface area contributed by atoms with Crippen LogP contribution in [0.25, 0.3) is 0 Å². The maximum atomic E-state index is 5.71. The molecule has 0 bridgehead atoms. The van der Waals surface area contributed by atoms with Crippen LogP contribution in [0.5, 0.6) is 0 Å². The monoisotopic (exact) mass is 508 g/mol. The molecule has 0 radical (unpaired) electrons. The van der Waals surface area contributed by atoms with E-state index in [0.29, 0.717) is 19.8 Å². The van der Waals surface area contributed by atoms with Crippen molar-refractivity contribution in [2.24, 2.45) is 4.99 Å². The van der Waals surface area contributed by atoms with Crippen LogP contribution in [0, 0.1) is 0 Å². The van der Waals surface area contributed by atoms with Gasteiger partial charge < -0.3 is 24.5 Å². The molecule has 2 heterocycles. The van der Waals surface area contributed by atoms with Crippen LogP contribution in [0.4, 0.5) is 0 Å². The third kappa shape index (κ3) is 9.58. The van der Waals surface area contributed by atoms with Crippen LogP contribution in [-0.2, 0) is 9.47 Å². The molecule has 0 amide bonds. The molecule has 0 spiro atoms. The lowest BCUT2D eigenvalue weighted by Gasteiger charge is -2.32. The Bertz CT molecular complexity index is 508. The summed E-state index contributed by atoms with van der Waals surface area (Å²) in [6, 6.07) is 4.23. The Morgan fingerprint density at radius 3 is 2.71 bits per heavy atom. The number of hydrogen-bond acceptors (Lipinski definition) is 5. The summed E-state index contributed by atoms with van der Waals surface area (Å²) >= 11 is 0. The van der Waals surface area contributed by atoms with E-state index < -0.39 is 0 Å². The molecule has 8 heteroatoms. The number of halogens is 1. The molecule has 1 atom stereocenters. The number of aliphatic imine (C=N–C) groups is 1. The van der Waals surface area contributed by atoms with Crippen molar-refractivity contribution in [1.82, 2.24) is 15.5 Å². The van der Waals surface area contributed by atoms with Crippen molar-refractivity contribution < 1.29 is 13.9 Å². The zero-order valence-electron chi connectivity index (χ0n) is 17.3. The zero-order valence-corrected chi connectivity index (χ0v) is 19.7. The van der Waals surface area contributed by atoms with Crippen LogP contribution in [0.3, 0.4) is 0 Å². The van der Waals surface area contributed by atoms with Gasteiger partial charge in [0.25, 0.3) is 0 Å². The maximum Gasteiger partial charge on any atom is 0.191 e. The minimum Gasteiger partial charge on any atom is -0.468 e. The smallest absolute Gasteiger partial charge is 0.191 e. The minimum absolute atomic E-state index is 0. The first-order valence-corrected chi connectivity index (χ1v) is 10.2. The fourth-order valence-corrected chi connectivity index (χ4v) is 3.24. The van der Waals surface area contributed by atoms with Crippen molar-refractivity contribution in [1.29, 1.82) is 0 Å². The van der Waals surface area contributed by atoms with E-state index in [1.807, 2.05) is 6.07 Å². The van der Waals surface area contributed by atoms with Crippen molar-refractivity contribution in [3.8, 4) is 0 Å². The molecule has 1 aliphatic heterocycles. The summed E-state index contributed by atoms with van der Waals surface area (Å²) < 4.78 is 16.2. The number of likely N-dealkylation sites (tertiary alicyclic amines) is 1. The lowest BCUT2D eigenvalue weighted by atomic mass is 10.1. The topological polar surface area (TPSA) is 71.3 Å². The van der Waals surface area contributed by atoms with Crippen LogP contribution in [-0.4, -0.2) is 70.5 Å². The molecule has 0 aromatic carbocycles. The van der Waals surface area contributed by atoms with Gasteiger partial charge in [-0.15, -0.1) is 24.0 Å². The third-order valence-corrected chi connectivity index (χ3v) is 4.66. The summed E-state index contributed by atoms with van der Waals surface area (Å²) in [6.45, 7) is 8.67. The molecule has 1 unspecified atom stereocenters. The second-order valence-electron chi connectivity index (χ2n) is 6.73. The lowest BCUT2D eigenvalue weighted by Crippen LogP contribution is -2.40. The quantitative estimate of drug-likeness (QED) is 0.196. The minimum atomic E-state index is 0. The van der Waals surface area contributed by atoms with E-state index in [9.17, 15) is 0 Å². The van der Waals surface area contributed by atoms with E-state index in [4.69, 9.17) is 18.9 Å². The molecular weight excluding hydrogens is 471 g/mol. The third-order valence-electron chi connectivity index (χ3n) is 4.66. The zero-order chi connectivity index (χ0) is 19.2. The van der Waals surface area contributed by atoms with Gasteiger partial charge in [0, 0.05) is 26.8 Å². The van der Waals surface area contributed by atoms with Gasteiger partial charge >= 0.3 is 0 Å². The number of rotatable bonds is 12. The number of furan rings is 1. The second kappa shape index (κ2) is 16.0. The highest BCUT2D eigenvalue weighted by molar-refractivity contribution is 14.0. The van der Waals surface area contributed by atoms with Crippen LogP contribution in [0.1, 0.15) is 44.4 Å². The molecule has 1 saturated heterocycles. The van der Waals surface area contributed by atoms with Gasteiger partial charge in [-0.2, -0.15) is 0 Å². The number of nitrogens with zero attached hydrogens (tertiary/aromatic N) is 2. The SMILES string of the molecule is CCNC(=NCC(c1ccco1)N1CCCCC1)NCCCOCCOC.I. The molecule has 1 fully saturated rings. The van der Waals surface area contributed by atoms with E-state index in [1.165, 1.54) is 19.3 Å². The summed E-state index contributed by atoms with van der Waals surface area (Å²) in [4.78, 5) is 7.32. The average molecular weight is 508 g/mol. The Balaban J connectivity index is 0.00000392. The van der Waals surface area contributed by atoms with Gasteiger partial charge in [0.15, 0.2) is 5.96 Å². The molecule has 1 aromatic heterocycles. The molecule has 2 rings (SSSR count). The van der Waals surface area contributed by atoms with Gasteiger partial charge in [0.2, 0.25) is 0 Å². The molecule has 0 aliphatic carbocycles.